The predicted octanol–water partition coefficient (Wildman–Crippen LogP) is 4.34. The molecular weight excluding hydrogens is 430 g/mol. The first-order valence-electron chi connectivity index (χ1n) is 8.16. The fourth-order valence-corrected chi connectivity index (χ4v) is 4.53. The molecule has 0 saturated heterocycles. The van der Waals surface area contributed by atoms with Gasteiger partial charge in [0.2, 0.25) is 11.0 Å². The maximum Gasteiger partial charge on any atom is 0.269 e. The van der Waals surface area contributed by atoms with Crippen LogP contribution < -0.4 is 5.32 Å². The summed E-state index contributed by atoms with van der Waals surface area (Å²) < 4.78 is 0.729. The summed E-state index contributed by atoms with van der Waals surface area (Å²) >= 11 is 4.07. The van der Waals surface area contributed by atoms with Crippen molar-refractivity contribution in [3.63, 3.8) is 0 Å². The summed E-state index contributed by atoms with van der Waals surface area (Å²) in [7, 11) is 0. The molecule has 8 nitrogen and oxygen atoms in total. The van der Waals surface area contributed by atoms with Crippen LogP contribution in [0.4, 0.5) is 10.8 Å². The molecule has 3 aromatic rings. The standard InChI is InChI=1S/C18H13N5O3S3/c19-9-12-1-3-13(4-2-12)10-28-18-22-21-17(29-18)20-16(24)11-27-15-7-5-14(6-8-15)23(25)26/h1-8H,10-11H2,(H,20,21,24). The van der Waals surface area contributed by atoms with Gasteiger partial charge in [0, 0.05) is 22.8 Å². The van der Waals surface area contributed by atoms with Crippen molar-refractivity contribution < 1.29 is 9.72 Å². The molecule has 0 aliphatic heterocycles. The van der Waals surface area contributed by atoms with Crippen molar-refractivity contribution in [2.45, 2.75) is 15.0 Å². The minimum atomic E-state index is -0.465. The highest BCUT2D eigenvalue weighted by Crippen LogP contribution is 2.28. The van der Waals surface area contributed by atoms with E-state index in [1.165, 1.54) is 47.0 Å². The third-order valence-corrected chi connectivity index (χ3v) is 6.57. The second-order valence-electron chi connectivity index (χ2n) is 5.56. The molecule has 0 aliphatic rings. The molecule has 0 aliphatic carbocycles. The van der Waals surface area contributed by atoms with Crippen molar-refractivity contribution in [1.29, 1.82) is 5.26 Å². The number of nitriles is 1. The molecule has 146 valence electrons. The summed E-state index contributed by atoms with van der Waals surface area (Å²) in [6.45, 7) is 0. The van der Waals surface area contributed by atoms with Crippen molar-refractivity contribution in [2.75, 3.05) is 11.1 Å². The number of nitrogens with zero attached hydrogens (tertiary/aromatic N) is 4. The Balaban J connectivity index is 1.45. The van der Waals surface area contributed by atoms with Gasteiger partial charge in [0.1, 0.15) is 0 Å². The molecule has 2 aromatic carbocycles. The fourth-order valence-electron chi connectivity index (χ4n) is 2.11. The normalized spacial score (nSPS) is 10.3. The number of non-ortho nitro benzene ring substituents is 1. The number of thioether (sulfide) groups is 2. The second-order valence-corrected chi connectivity index (χ2v) is 8.81. The summed E-state index contributed by atoms with van der Waals surface area (Å²) in [5.74, 6) is 0.614. The van der Waals surface area contributed by atoms with Crippen LogP contribution in [0.1, 0.15) is 11.1 Å². The van der Waals surface area contributed by atoms with Crippen molar-refractivity contribution in [1.82, 2.24) is 10.2 Å². The van der Waals surface area contributed by atoms with Crippen LogP contribution in [0, 0.1) is 21.4 Å². The van der Waals surface area contributed by atoms with Crippen LogP contribution in [-0.4, -0.2) is 26.8 Å². The molecule has 0 saturated carbocycles. The quantitative estimate of drug-likeness (QED) is 0.236. The molecule has 3 rings (SSSR count). The largest absolute Gasteiger partial charge is 0.300 e. The summed E-state index contributed by atoms with van der Waals surface area (Å²) in [6, 6.07) is 15.4. The van der Waals surface area contributed by atoms with Gasteiger partial charge < -0.3 is 0 Å². The van der Waals surface area contributed by atoms with Gasteiger partial charge in [-0.3, -0.25) is 20.2 Å². The van der Waals surface area contributed by atoms with Crippen LogP contribution >= 0.6 is 34.9 Å². The average molecular weight is 444 g/mol. The summed E-state index contributed by atoms with van der Waals surface area (Å²) in [5, 5.41) is 30.6. The lowest BCUT2D eigenvalue weighted by Gasteiger charge is -2.01. The summed E-state index contributed by atoms with van der Waals surface area (Å²) in [5.41, 5.74) is 1.69. The van der Waals surface area contributed by atoms with Gasteiger partial charge in [-0.1, -0.05) is 35.2 Å². The minimum absolute atomic E-state index is 0.0127. The van der Waals surface area contributed by atoms with E-state index < -0.39 is 4.92 Å². The van der Waals surface area contributed by atoms with E-state index in [2.05, 4.69) is 21.6 Å². The van der Waals surface area contributed by atoms with Crippen molar-refractivity contribution in [3.8, 4) is 6.07 Å². The predicted molar refractivity (Wildman–Crippen MR) is 113 cm³/mol. The number of anilines is 1. The highest BCUT2D eigenvalue weighted by atomic mass is 32.2. The molecule has 0 spiro atoms. The number of rotatable bonds is 8. The van der Waals surface area contributed by atoms with Crippen molar-refractivity contribution in [2.24, 2.45) is 0 Å². The first-order chi connectivity index (χ1) is 14.0. The molecule has 0 radical (unpaired) electrons. The Kier molecular flexibility index (Phi) is 7.18. The maximum absolute atomic E-state index is 12.1. The second kappa shape index (κ2) is 10.0. The number of amides is 1. The van der Waals surface area contributed by atoms with Crippen LogP contribution in [0.25, 0.3) is 0 Å². The molecule has 0 atom stereocenters. The molecule has 1 N–H and O–H groups in total. The van der Waals surface area contributed by atoms with Gasteiger partial charge in [-0.15, -0.1) is 22.0 Å². The Morgan fingerprint density at radius 3 is 2.52 bits per heavy atom. The van der Waals surface area contributed by atoms with E-state index in [4.69, 9.17) is 5.26 Å². The van der Waals surface area contributed by atoms with E-state index in [1.54, 1.807) is 24.3 Å². The summed E-state index contributed by atoms with van der Waals surface area (Å²) in [4.78, 5) is 23.0. The molecule has 29 heavy (non-hydrogen) atoms. The zero-order valence-electron chi connectivity index (χ0n) is 14.8. The first-order valence-corrected chi connectivity index (χ1v) is 10.9. The number of hydrogen-bond donors (Lipinski definition) is 1. The number of nitrogens with one attached hydrogen (secondary N) is 1. The van der Waals surface area contributed by atoms with Gasteiger partial charge in [0.05, 0.1) is 22.3 Å². The lowest BCUT2D eigenvalue weighted by atomic mass is 10.2. The lowest BCUT2D eigenvalue weighted by molar-refractivity contribution is -0.384. The van der Waals surface area contributed by atoms with Crippen LogP contribution in [-0.2, 0) is 10.5 Å². The van der Waals surface area contributed by atoms with Gasteiger partial charge in [-0.05, 0) is 29.8 Å². The molecule has 1 amide bonds. The highest BCUT2D eigenvalue weighted by Gasteiger charge is 2.10. The Hall–Kier alpha value is -2.94. The van der Waals surface area contributed by atoms with Crippen LogP contribution in [0.2, 0.25) is 0 Å². The van der Waals surface area contributed by atoms with Gasteiger partial charge >= 0.3 is 0 Å². The monoisotopic (exact) mass is 443 g/mol. The third-order valence-electron chi connectivity index (χ3n) is 3.52. The summed E-state index contributed by atoms with van der Waals surface area (Å²) in [6.07, 6.45) is 0. The molecule has 11 heteroatoms. The van der Waals surface area contributed by atoms with Crippen molar-refractivity contribution in [3.05, 3.63) is 69.8 Å². The molecule has 1 heterocycles. The third kappa shape index (κ3) is 6.28. The van der Waals surface area contributed by atoms with E-state index >= 15 is 0 Å². The number of hydrogen-bond acceptors (Lipinski definition) is 9. The number of aromatic nitrogens is 2. The average Bonchev–Trinajstić information content (AvgIpc) is 3.18. The van der Waals surface area contributed by atoms with Crippen LogP contribution in [0.3, 0.4) is 0 Å². The highest BCUT2D eigenvalue weighted by molar-refractivity contribution is 8.00. The minimum Gasteiger partial charge on any atom is -0.300 e. The number of carbonyl (C=O) groups excluding carboxylic acids is 1. The van der Waals surface area contributed by atoms with Gasteiger partial charge in [0.15, 0.2) is 4.34 Å². The topological polar surface area (TPSA) is 122 Å². The lowest BCUT2D eigenvalue weighted by Crippen LogP contribution is -2.13. The first kappa shape index (κ1) is 20.8. The van der Waals surface area contributed by atoms with E-state index in [0.29, 0.717) is 16.4 Å². The smallest absolute Gasteiger partial charge is 0.269 e. The van der Waals surface area contributed by atoms with E-state index in [-0.39, 0.29) is 17.3 Å². The Morgan fingerprint density at radius 1 is 1.14 bits per heavy atom. The van der Waals surface area contributed by atoms with E-state index in [1.807, 2.05) is 12.1 Å². The maximum atomic E-state index is 12.1. The van der Waals surface area contributed by atoms with Gasteiger partial charge in [-0.25, -0.2) is 0 Å². The zero-order chi connectivity index (χ0) is 20.6. The zero-order valence-corrected chi connectivity index (χ0v) is 17.2. The van der Waals surface area contributed by atoms with E-state index in [0.717, 1.165) is 14.8 Å². The molecule has 1 aromatic heterocycles. The molecule has 0 fully saturated rings. The number of nitro groups is 1. The SMILES string of the molecule is N#Cc1ccc(CSc2nnc(NC(=O)CSc3ccc([N+](=O)[O-])cc3)s2)cc1. The van der Waals surface area contributed by atoms with E-state index in [9.17, 15) is 14.9 Å². The Labute approximate surface area is 178 Å². The number of nitro benzene ring substituents is 1. The molecule has 0 unspecified atom stereocenters. The van der Waals surface area contributed by atoms with Gasteiger partial charge in [-0.2, -0.15) is 5.26 Å². The van der Waals surface area contributed by atoms with Crippen LogP contribution in [0.5, 0.6) is 0 Å². The fraction of sp³-hybridized carbons (Fsp3) is 0.111. The van der Waals surface area contributed by atoms with Gasteiger partial charge in [0.25, 0.3) is 5.69 Å². The van der Waals surface area contributed by atoms with Crippen molar-refractivity contribution >= 4 is 51.6 Å². The molecular formula is C18H13N5O3S3. The Morgan fingerprint density at radius 2 is 1.86 bits per heavy atom. The number of benzene rings is 2. The molecule has 0 bridgehead atoms. The van der Waals surface area contributed by atoms with Crippen LogP contribution in [0.15, 0.2) is 57.8 Å². The Bertz CT molecular complexity index is 1050. The number of carbonyl (C=O) groups is 1.